The SMILES string of the molecule is CO[C@H]1CC[C@H](Cn2c(C)cn3c(C4CCOCC4)ncc3c2=O)CC1. The van der Waals surface area contributed by atoms with Crippen LogP contribution in [0, 0.1) is 12.8 Å². The van der Waals surface area contributed by atoms with Gasteiger partial charge in [-0.3, -0.25) is 9.20 Å². The lowest BCUT2D eigenvalue weighted by Gasteiger charge is -2.28. The fourth-order valence-electron chi connectivity index (χ4n) is 4.52. The van der Waals surface area contributed by atoms with Gasteiger partial charge in [0.25, 0.3) is 5.56 Å². The zero-order valence-corrected chi connectivity index (χ0v) is 15.8. The van der Waals surface area contributed by atoms with E-state index in [1.165, 1.54) is 0 Å². The first-order chi connectivity index (χ1) is 12.7. The topological polar surface area (TPSA) is 57.8 Å². The maximum absolute atomic E-state index is 13.1. The van der Waals surface area contributed by atoms with Crippen molar-refractivity contribution in [3.63, 3.8) is 0 Å². The lowest BCUT2D eigenvalue weighted by atomic mass is 9.87. The van der Waals surface area contributed by atoms with E-state index in [-0.39, 0.29) is 5.56 Å². The molecule has 0 atom stereocenters. The number of fused-ring (bicyclic) bond motifs is 1. The summed E-state index contributed by atoms with van der Waals surface area (Å²) < 4.78 is 14.9. The van der Waals surface area contributed by atoms with Gasteiger partial charge in [-0.25, -0.2) is 4.98 Å². The average molecular weight is 359 g/mol. The minimum Gasteiger partial charge on any atom is -0.381 e. The Labute approximate surface area is 154 Å². The van der Waals surface area contributed by atoms with E-state index in [1.54, 1.807) is 13.3 Å². The van der Waals surface area contributed by atoms with Gasteiger partial charge in [0.15, 0.2) is 0 Å². The Morgan fingerprint density at radius 3 is 2.62 bits per heavy atom. The van der Waals surface area contributed by atoms with Gasteiger partial charge >= 0.3 is 0 Å². The molecule has 4 rings (SSSR count). The van der Waals surface area contributed by atoms with Crippen LogP contribution in [-0.2, 0) is 16.0 Å². The third-order valence-electron chi connectivity index (χ3n) is 6.19. The van der Waals surface area contributed by atoms with Crippen LogP contribution in [0.5, 0.6) is 0 Å². The molecular weight excluding hydrogens is 330 g/mol. The molecule has 1 saturated carbocycles. The van der Waals surface area contributed by atoms with E-state index in [2.05, 4.69) is 11.2 Å². The Kier molecular flexibility index (Phi) is 5.14. The number of nitrogens with zero attached hydrogens (tertiary/aromatic N) is 3. The van der Waals surface area contributed by atoms with Crippen LogP contribution in [0.4, 0.5) is 0 Å². The van der Waals surface area contributed by atoms with Crippen molar-refractivity contribution in [1.82, 2.24) is 14.0 Å². The highest BCUT2D eigenvalue weighted by Gasteiger charge is 2.24. The quantitative estimate of drug-likeness (QED) is 0.842. The summed E-state index contributed by atoms with van der Waals surface area (Å²) in [5.74, 6) is 1.94. The van der Waals surface area contributed by atoms with E-state index in [4.69, 9.17) is 9.47 Å². The first-order valence-corrected chi connectivity index (χ1v) is 9.85. The van der Waals surface area contributed by atoms with Crippen molar-refractivity contribution in [1.29, 1.82) is 0 Å². The minimum absolute atomic E-state index is 0.0877. The van der Waals surface area contributed by atoms with Crippen molar-refractivity contribution in [2.75, 3.05) is 20.3 Å². The summed E-state index contributed by atoms with van der Waals surface area (Å²) in [4.78, 5) is 17.7. The van der Waals surface area contributed by atoms with Crippen LogP contribution in [0.25, 0.3) is 5.52 Å². The summed E-state index contributed by atoms with van der Waals surface area (Å²) in [7, 11) is 1.79. The van der Waals surface area contributed by atoms with Crippen LogP contribution in [0.15, 0.2) is 17.2 Å². The standard InChI is InChI=1S/C20H29N3O3/c1-14-12-23-18(11-21-19(23)16-7-9-26-10-8-16)20(24)22(14)13-15-3-5-17(25-2)6-4-15/h11-12,15-17H,3-10,13H2,1-2H3/t15-,17-. The van der Waals surface area contributed by atoms with E-state index in [9.17, 15) is 4.79 Å². The largest absolute Gasteiger partial charge is 0.381 e. The molecular formula is C20H29N3O3. The molecule has 142 valence electrons. The van der Waals surface area contributed by atoms with Crippen LogP contribution in [0.2, 0.25) is 0 Å². The Hall–Kier alpha value is -1.66. The molecule has 2 aromatic rings. The van der Waals surface area contributed by atoms with E-state index >= 15 is 0 Å². The first kappa shape index (κ1) is 17.7. The number of methoxy groups -OCH3 is 1. The summed E-state index contributed by atoms with van der Waals surface area (Å²) in [6.45, 7) is 4.39. The van der Waals surface area contributed by atoms with Crippen molar-refractivity contribution in [2.45, 2.75) is 64.0 Å². The van der Waals surface area contributed by atoms with Gasteiger partial charge in [-0.2, -0.15) is 0 Å². The monoisotopic (exact) mass is 359 g/mol. The van der Waals surface area contributed by atoms with E-state index in [1.807, 2.05) is 15.9 Å². The van der Waals surface area contributed by atoms with Gasteiger partial charge in [-0.15, -0.1) is 0 Å². The van der Waals surface area contributed by atoms with Crippen LogP contribution >= 0.6 is 0 Å². The first-order valence-electron chi connectivity index (χ1n) is 9.85. The molecule has 1 saturated heterocycles. The van der Waals surface area contributed by atoms with Gasteiger partial charge in [-0.1, -0.05) is 0 Å². The summed E-state index contributed by atoms with van der Waals surface area (Å²) in [5, 5.41) is 0. The molecule has 2 fully saturated rings. The zero-order valence-electron chi connectivity index (χ0n) is 15.8. The molecule has 1 aliphatic heterocycles. The van der Waals surface area contributed by atoms with Crippen LogP contribution in [0.1, 0.15) is 56.0 Å². The van der Waals surface area contributed by atoms with Crippen LogP contribution < -0.4 is 5.56 Å². The number of hydrogen-bond acceptors (Lipinski definition) is 4. The molecule has 2 aromatic heterocycles. The predicted molar refractivity (Wildman–Crippen MR) is 99.7 cm³/mol. The number of rotatable bonds is 4. The second-order valence-electron chi connectivity index (χ2n) is 7.82. The summed E-state index contributed by atoms with van der Waals surface area (Å²) in [6, 6.07) is 0. The molecule has 2 aliphatic rings. The van der Waals surface area contributed by atoms with Gasteiger partial charge in [0.2, 0.25) is 0 Å². The molecule has 0 spiro atoms. The predicted octanol–water partition coefficient (Wildman–Crippen LogP) is 2.90. The van der Waals surface area contributed by atoms with E-state index < -0.39 is 0 Å². The Morgan fingerprint density at radius 1 is 1.19 bits per heavy atom. The fourth-order valence-corrected chi connectivity index (χ4v) is 4.52. The molecule has 0 bridgehead atoms. The van der Waals surface area contributed by atoms with Crippen molar-refractivity contribution in [3.8, 4) is 0 Å². The molecule has 1 aliphatic carbocycles. The van der Waals surface area contributed by atoms with Gasteiger partial charge in [0.05, 0.1) is 12.3 Å². The normalized spacial score (nSPS) is 25.0. The lowest BCUT2D eigenvalue weighted by Crippen LogP contribution is -2.30. The Morgan fingerprint density at radius 2 is 1.92 bits per heavy atom. The molecule has 3 heterocycles. The fraction of sp³-hybridized carbons (Fsp3) is 0.700. The number of hydrogen-bond donors (Lipinski definition) is 0. The lowest BCUT2D eigenvalue weighted by molar-refractivity contribution is 0.0540. The maximum Gasteiger partial charge on any atom is 0.276 e. The molecule has 0 amide bonds. The van der Waals surface area contributed by atoms with Crippen molar-refractivity contribution >= 4 is 5.52 Å². The minimum atomic E-state index is 0.0877. The zero-order chi connectivity index (χ0) is 18.1. The van der Waals surface area contributed by atoms with Crippen LogP contribution in [-0.4, -0.2) is 40.4 Å². The second kappa shape index (κ2) is 7.53. The Balaban J connectivity index is 1.60. The van der Waals surface area contributed by atoms with Gasteiger partial charge in [0, 0.05) is 44.7 Å². The molecule has 0 aromatic carbocycles. The third kappa shape index (κ3) is 3.32. The van der Waals surface area contributed by atoms with Crippen molar-refractivity contribution in [3.05, 3.63) is 34.3 Å². The molecule has 0 N–H and O–H groups in total. The van der Waals surface area contributed by atoms with Gasteiger partial charge < -0.3 is 14.0 Å². The molecule has 26 heavy (non-hydrogen) atoms. The number of aryl methyl sites for hydroxylation is 1. The van der Waals surface area contributed by atoms with E-state index in [0.717, 1.165) is 69.8 Å². The van der Waals surface area contributed by atoms with Gasteiger partial charge in [0.1, 0.15) is 11.3 Å². The molecule has 0 radical (unpaired) electrons. The third-order valence-corrected chi connectivity index (χ3v) is 6.19. The van der Waals surface area contributed by atoms with Crippen molar-refractivity contribution in [2.24, 2.45) is 5.92 Å². The van der Waals surface area contributed by atoms with Crippen molar-refractivity contribution < 1.29 is 9.47 Å². The molecule has 6 heteroatoms. The highest BCUT2D eigenvalue weighted by atomic mass is 16.5. The average Bonchev–Trinajstić information content (AvgIpc) is 3.10. The smallest absolute Gasteiger partial charge is 0.276 e. The highest BCUT2D eigenvalue weighted by molar-refractivity contribution is 5.45. The highest BCUT2D eigenvalue weighted by Crippen LogP contribution is 2.28. The Bertz CT molecular complexity index is 812. The second-order valence-corrected chi connectivity index (χ2v) is 7.82. The number of aromatic nitrogens is 3. The van der Waals surface area contributed by atoms with Crippen LogP contribution in [0.3, 0.4) is 0 Å². The van der Waals surface area contributed by atoms with E-state index in [0.29, 0.717) is 23.5 Å². The van der Waals surface area contributed by atoms with Gasteiger partial charge in [-0.05, 0) is 51.4 Å². The summed E-state index contributed by atoms with van der Waals surface area (Å²) in [6.07, 6.45) is 10.6. The maximum atomic E-state index is 13.1. The number of imidazole rings is 1. The number of ether oxygens (including phenoxy) is 2. The molecule has 0 unspecified atom stereocenters. The summed E-state index contributed by atoms with van der Waals surface area (Å²) in [5.41, 5.74) is 1.80. The molecule has 6 nitrogen and oxygen atoms in total. The summed E-state index contributed by atoms with van der Waals surface area (Å²) >= 11 is 0.